The molecule has 2 heterocycles. The third-order valence-electron chi connectivity index (χ3n) is 8.68. The van der Waals surface area contributed by atoms with Crippen LogP contribution >= 0.6 is 0 Å². The second kappa shape index (κ2) is 12.7. The van der Waals surface area contributed by atoms with Crippen molar-refractivity contribution in [2.24, 2.45) is 11.1 Å². The van der Waals surface area contributed by atoms with Crippen molar-refractivity contribution < 1.29 is 9.90 Å². The van der Waals surface area contributed by atoms with E-state index in [1.54, 1.807) is 6.07 Å². The van der Waals surface area contributed by atoms with Crippen LogP contribution in [0.25, 0.3) is 0 Å². The van der Waals surface area contributed by atoms with Crippen LogP contribution in [0.3, 0.4) is 0 Å². The molecule has 6 heteroatoms. The van der Waals surface area contributed by atoms with Crippen molar-refractivity contribution >= 4 is 17.3 Å². The fourth-order valence-corrected chi connectivity index (χ4v) is 6.57. The fraction of sp³-hybridized carbons (Fsp3) is 0.581. The van der Waals surface area contributed by atoms with E-state index in [1.807, 2.05) is 6.92 Å². The van der Waals surface area contributed by atoms with Gasteiger partial charge in [0.2, 0.25) is 5.91 Å². The van der Waals surface area contributed by atoms with Gasteiger partial charge in [0, 0.05) is 37.0 Å². The van der Waals surface area contributed by atoms with E-state index in [0.717, 1.165) is 24.2 Å². The molecule has 202 valence electrons. The molecule has 6 N–H and O–H groups in total. The lowest BCUT2D eigenvalue weighted by Gasteiger charge is -2.36. The maximum Gasteiger partial charge on any atom is 0.217 e. The monoisotopic (exact) mass is 506 g/mol. The lowest BCUT2D eigenvalue weighted by Crippen LogP contribution is -2.28. The zero-order valence-electron chi connectivity index (χ0n) is 22.7. The number of carbonyl (C=O) groups excluding carboxylic acids is 1. The average molecular weight is 507 g/mol. The van der Waals surface area contributed by atoms with Crippen LogP contribution < -0.4 is 16.8 Å². The lowest BCUT2D eigenvalue weighted by molar-refractivity contribution is -0.117. The van der Waals surface area contributed by atoms with Crippen molar-refractivity contribution in [3.8, 4) is 5.75 Å². The van der Waals surface area contributed by atoms with E-state index in [2.05, 4.69) is 28.4 Å². The Morgan fingerprint density at radius 3 is 2.57 bits per heavy atom. The molecule has 3 aliphatic rings. The Labute approximate surface area is 222 Å². The quantitative estimate of drug-likeness (QED) is 0.391. The molecular formula is C31H46N4O2. The zero-order valence-corrected chi connectivity index (χ0v) is 22.7. The van der Waals surface area contributed by atoms with Gasteiger partial charge >= 0.3 is 0 Å². The van der Waals surface area contributed by atoms with Crippen LogP contribution in [0.1, 0.15) is 86.5 Å². The van der Waals surface area contributed by atoms with Gasteiger partial charge < -0.3 is 21.9 Å². The summed E-state index contributed by atoms with van der Waals surface area (Å²) in [5.74, 6) is -0.209. The molecule has 1 saturated carbocycles. The Hall–Kier alpha value is -2.73. The first-order valence-corrected chi connectivity index (χ1v) is 14.3. The third-order valence-corrected chi connectivity index (χ3v) is 8.68. The number of anilines is 2. The molecule has 0 unspecified atom stereocenters. The number of hydrogen-bond donors (Lipinski definition) is 4. The number of nitrogens with two attached hydrogens (primary N) is 2. The Kier molecular flexibility index (Phi) is 9.36. The summed E-state index contributed by atoms with van der Waals surface area (Å²) in [7, 11) is 0. The number of hydrogen-bond acceptors (Lipinski definition) is 5. The molecule has 0 radical (unpaired) electrons. The summed E-state index contributed by atoms with van der Waals surface area (Å²) < 4.78 is 0. The van der Waals surface area contributed by atoms with Crippen LogP contribution in [0.5, 0.6) is 5.75 Å². The van der Waals surface area contributed by atoms with Gasteiger partial charge in [-0.15, -0.1) is 0 Å². The summed E-state index contributed by atoms with van der Waals surface area (Å²) in [5.41, 5.74) is 18.1. The van der Waals surface area contributed by atoms with Crippen molar-refractivity contribution in [2.75, 3.05) is 30.7 Å². The number of carbonyl (C=O) groups is 1. The number of phenols is 1. The summed E-state index contributed by atoms with van der Waals surface area (Å²) >= 11 is 0. The Bertz CT molecular complexity index is 1040. The fourth-order valence-electron chi connectivity index (χ4n) is 6.57. The molecule has 5 rings (SSSR count). The van der Waals surface area contributed by atoms with Crippen LogP contribution in [0.4, 0.5) is 11.4 Å². The number of likely N-dealkylation sites (tertiary alicyclic amines) is 1. The summed E-state index contributed by atoms with van der Waals surface area (Å²) in [5, 5.41) is 12.8. The van der Waals surface area contributed by atoms with Gasteiger partial charge in [-0.1, -0.05) is 31.4 Å². The smallest absolute Gasteiger partial charge is 0.217 e. The summed E-state index contributed by atoms with van der Waals surface area (Å²) in [4.78, 5) is 13.3. The number of fused-ring (bicyclic) bond motifs is 1. The average Bonchev–Trinajstić information content (AvgIpc) is 3.06. The van der Waals surface area contributed by atoms with E-state index in [9.17, 15) is 9.90 Å². The van der Waals surface area contributed by atoms with E-state index < -0.39 is 0 Å². The maximum absolute atomic E-state index is 10.6. The largest absolute Gasteiger partial charge is 0.508 e. The normalized spacial score (nSPS) is 19.2. The van der Waals surface area contributed by atoms with Crippen LogP contribution in [0.2, 0.25) is 0 Å². The van der Waals surface area contributed by atoms with Gasteiger partial charge in [-0.25, -0.2) is 0 Å². The van der Waals surface area contributed by atoms with E-state index >= 15 is 0 Å². The number of nitrogen functional groups attached to an aromatic ring is 1. The molecule has 2 aromatic rings. The minimum atomic E-state index is -0.350. The van der Waals surface area contributed by atoms with E-state index in [0.29, 0.717) is 17.5 Å². The van der Waals surface area contributed by atoms with Gasteiger partial charge in [-0.2, -0.15) is 0 Å². The summed E-state index contributed by atoms with van der Waals surface area (Å²) in [6, 6.07) is 10.2. The molecule has 2 fully saturated rings. The van der Waals surface area contributed by atoms with Gasteiger partial charge in [-0.05, 0) is 111 Å². The molecule has 2 aliphatic heterocycles. The molecule has 0 aromatic heterocycles. The first-order valence-electron chi connectivity index (χ1n) is 14.3. The highest BCUT2D eigenvalue weighted by molar-refractivity contribution is 5.74. The number of amides is 1. The Morgan fingerprint density at radius 2 is 1.81 bits per heavy atom. The van der Waals surface area contributed by atoms with Gasteiger partial charge in [-0.3, -0.25) is 9.69 Å². The van der Waals surface area contributed by atoms with Crippen LogP contribution in [-0.2, 0) is 24.2 Å². The minimum absolute atomic E-state index is 0.142. The van der Waals surface area contributed by atoms with Gasteiger partial charge in [0.15, 0.2) is 0 Å². The lowest BCUT2D eigenvalue weighted by atomic mass is 9.69. The number of nitrogens with one attached hydrogen (secondary N) is 1. The molecule has 1 spiro atoms. The topological polar surface area (TPSA) is 105 Å². The van der Waals surface area contributed by atoms with Crippen molar-refractivity contribution in [1.82, 2.24) is 4.90 Å². The Morgan fingerprint density at radius 1 is 1.03 bits per heavy atom. The van der Waals surface area contributed by atoms with E-state index in [-0.39, 0.29) is 18.1 Å². The first-order chi connectivity index (χ1) is 17.8. The predicted octanol–water partition coefficient (Wildman–Crippen LogP) is 5.68. The first kappa shape index (κ1) is 27.3. The van der Waals surface area contributed by atoms with Gasteiger partial charge in [0.05, 0.1) is 0 Å². The number of nitrogens with zero attached hydrogens (tertiary/aromatic N) is 1. The van der Waals surface area contributed by atoms with Crippen LogP contribution in [-0.4, -0.2) is 35.5 Å². The molecule has 6 nitrogen and oxygen atoms in total. The zero-order chi connectivity index (χ0) is 26.3. The number of aryl methyl sites for hydroxylation is 2. The number of primary amides is 1. The maximum atomic E-state index is 10.6. The number of benzene rings is 2. The summed E-state index contributed by atoms with van der Waals surface area (Å²) in [6.07, 6.45) is 15.1. The molecule has 1 aliphatic carbocycles. The number of rotatable bonds is 5. The van der Waals surface area contributed by atoms with Crippen LogP contribution in [0.15, 0.2) is 30.3 Å². The number of aromatic hydroxyl groups is 1. The molecule has 0 bridgehead atoms. The highest BCUT2D eigenvalue weighted by atomic mass is 16.3. The van der Waals surface area contributed by atoms with Crippen molar-refractivity contribution in [3.63, 3.8) is 0 Å². The number of phenolic OH excluding ortho intramolecular Hbond substituents is 1. The SMILES string of the molecule is Cc1cc(O)cc(N)c1CCC(N)=O.c1cc2c(cc1CN1CCCC3(CCCCC3)CC1)CCCN2. The van der Waals surface area contributed by atoms with E-state index in [4.69, 9.17) is 11.5 Å². The highest BCUT2D eigenvalue weighted by Crippen LogP contribution is 2.44. The molecule has 37 heavy (non-hydrogen) atoms. The van der Waals surface area contributed by atoms with Gasteiger partial charge in [0.25, 0.3) is 0 Å². The minimum Gasteiger partial charge on any atom is -0.508 e. The van der Waals surface area contributed by atoms with Crippen molar-refractivity contribution in [1.29, 1.82) is 0 Å². The third kappa shape index (κ3) is 7.64. The molecule has 2 aromatic carbocycles. The summed E-state index contributed by atoms with van der Waals surface area (Å²) in [6.45, 7) is 6.75. The standard InChI is InChI=1S/C21H32N2.C10H14N2O2/c1-2-9-21(10-3-1)11-5-14-23(15-12-21)17-18-7-8-20-19(16-18)6-4-13-22-20;1-6-4-7(13)5-9(11)8(6)2-3-10(12)14/h7-8,16,22H,1-6,9-15,17H2;4-5,13H,2-3,11H2,1H3,(H2,12,14). The van der Waals surface area contributed by atoms with Gasteiger partial charge in [0.1, 0.15) is 5.75 Å². The Balaban J connectivity index is 0.000000197. The predicted molar refractivity (Wildman–Crippen MR) is 153 cm³/mol. The molecule has 1 amide bonds. The van der Waals surface area contributed by atoms with Crippen LogP contribution in [0, 0.1) is 12.3 Å². The second-order valence-corrected chi connectivity index (χ2v) is 11.5. The van der Waals surface area contributed by atoms with Crippen molar-refractivity contribution in [2.45, 2.75) is 90.5 Å². The molecule has 0 atom stereocenters. The van der Waals surface area contributed by atoms with Crippen molar-refractivity contribution in [3.05, 3.63) is 52.6 Å². The molecule has 1 saturated heterocycles. The molecular weight excluding hydrogens is 460 g/mol. The highest BCUT2D eigenvalue weighted by Gasteiger charge is 2.33. The second-order valence-electron chi connectivity index (χ2n) is 11.5. The van der Waals surface area contributed by atoms with E-state index in [1.165, 1.54) is 100 Å².